The topological polar surface area (TPSA) is 51.8 Å². The lowest BCUT2D eigenvalue weighted by Gasteiger charge is -2.04. The number of pyridine rings is 2. The number of halogens is 1. The van der Waals surface area contributed by atoms with Crippen LogP contribution in [0, 0.1) is 0 Å². The van der Waals surface area contributed by atoms with E-state index in [0.717, 1.165) is 15.6 Å². The van der Waals surface area contributed by atoms with Crippen LogP contribution in [-0.2, 0) is 6.54 Å². The Bertz CT molecular complexity index is 473. The quantitative estimate of drug-likeness (QED) is 0.911. The summed E-state index contributed by atoms with van der Waals surface area (Å²) in [4.78, 5) is 8.48. The molecule has 2 N–H and O–H groups in total. The molecule has 0 amide bonds. The minimum absolute atomic E-state index is 0.476. The first-order valence-corrected chi connectivity index (χ1v) is 5.92. The van der Waals surface area contributed by atoms with Crippen molar-refractivity contribution in [1.82, 2.24) is 9.97 Å². The second-order valence-electron chi connectivity index (χ2n) is 3.09. The number of hydrogen-bond donors (Lipinski definition) is 1. The zero-order chi connectivity index (χ0) is 11.4. The van der Waals surface area contributed by atoms with Crippen LogP contribution in [0.1, 0.15) is 5.56 Å². The van der Waals surface area contributed by atoms with E-state index in [2.05, 4.69) is 9.97 Å². The van der Waals surface area contributed by atoms with Crippen LogP contribution in [0.25, 0.3) is 0 Å². The molecule has 0 radical (unpaired) electrons. The van der Waals surface area contributed by atoms with E-state index >= 15 is 0 Å². The highest BCUT2D eigenvalue weighted by Gasteiger charge is 2.04. The molecule has 2 aromatic heterocycles. The van der Waals surface area contributed by atoms with E-state index in [1.165, 1.54) is 11.8 Å². The average molecular weight is 252 g/mol. The minimum atomic E-state index is 0.476. The predicted molar refractivity (Wildman–Crippen MR) is 65.5 cm³/mol. The number of aromatic nitrogens is 2. The molecule has 0 bridgehead atoms. The summed E-state index contributed by atoms with van der Waals surface area (Å²) >= 11 is 7.25. The highest BCUT2D eigenvalue weighted by molar-refractivity contribution is 7.99. The molecule has 0 aliphatic rings. The van der Waals surface area contributed by atoms with Crippen LogP contribution >= 0.6 is 23.4 Å². The van der Waals surface area contributed by atoms with Crippen molar-refractivity contribution in [2.75, 3.05) is 0 Å². The van der Waals surface area contributed by atoms with Gasteiger partial charge < -0.3 is 5.73 Å². The number of nitrogens with zero attached hydrogens (tertiary/aromatic N) is 2. The van der Waals surface area contributed by atoms with E-state index in [-0.39, 0.29) is 0 Å². The zero-order valence-corrected chi connectivity index (χ0v) is 10.0. The summed E-state index contributed by atoms with van der Waals surface area (Å²) in [5.74, 6) is 0. The Hall–Kier alpha value is -1.10. The van der Waals surface area contributed by atoms with Crippen molar-refractivity contribution in [2.45, 2.75) is 16.6 Å². The van der Waals surface area contributed by atoms with Crippen LogP contribution in [0.5, 0.6) is 0 Å². The Kier molecular flexibility index (Phi) is 3.77. The average Bonchev–Trinajstić information content (AvgIpc) is 2.33. The summed E-state index contributed by atoms with van der Waals surface area (Å²) in [5, 5.41) is 2.38. The summed E-state index contributed by atoms with van der Waals surface area (Å²) in [6.07, 6.45) is 3.37. The van der Waals surface area contributed by atoms with Crippen LogP contribution < -0.4 is 5.73 Å². The standard InChI is InChI=1S/C11H10ClN3S/c12-9-3-4-10(15-7-9)16-11-8(6-13)2-1-5-14-11/h1-5,7H,6,13H2. The molecule has 0 aliphatic carbocycles. The SMILES string of the molecule is NCc1cccnc1Sc1ccc(Cl)cn1. The molecule has 0 atom stereocenters. The van der Waals surface area contributed by atoms with Gasteiger partial charge in [0, 0.05) is 18.9 Å². The fourth-order valence-electron chi connectivity index (χ4n) is 1.19. The maximum Gasteiger partial charge on any atom is 0.107 e. The van der Waals surface area contributed by atoms with Gasteiger partial charge >= 0.3 is 0 Å². The monoisotopic (exact) mass is 251 g/mol. The molecule has 2 rings (SSSR count). The first kappa shape index (κ1) is 11.4. The van der Waals surface area contributed by atoms with Gasteiger partial charge in [-0.3, -0.25) is 0 Å². The summed E-state index contributed by atoms with van der Waals surface area (Å²) in [6.45, 7) is 0.476. The Morgan fingerprint density at radius 2 is 2.12 bits per heavy atom. The van der Waals surface area contributed by atoms with Crippen molar-refractivity contribution in [3.63, 3.8) is 0 Å². The fraction of sp³-hybridized carbons (Fsp3) is 0.0909. The molecule has 2 heterocycles. The van der Waals surface area contributed by atoms with Crippen molar-refractivity contribution < 1.29 is 0 Å². The number of rotatable bonds is 3. The minimum Gasteiger partial charge on any atom is -0.326 e. The van der Waals surface area contributed by atoms with Gasteiger partial charge in [0.1, 0.15) is 10.1 Å². The van der Waals surface area contributed by atoms with Crippen LogP contribution in [0.15, 0.2) is 46.7 Å². The first-order valence-electron chi connectivity index (χ1n) is 4.73. The lowest BCUT2D eigenvalue weighted by atomic mass is 10.3. The molecule has 2 aromatic rings. The zero-order valence-electron chi connectivity index (χ0n) is 8.43. The van der Waals surface area contributed by atoms with Crippen LogP contribution in [0.2, 0.25) is 5.02 Å². The van der Waals surface area contributed by atoms with Gasteiger partial charge in [0.2, 0.25) is 0 Å². The molecular formula is C11H10ClN3S. The van der Waals surface area contributed by atoms with Gasteiger partial charge in [-0.1, -0.05) is 17.7 Å². The van der Waals surface area contributed by atoms with Gasteiger partial charge in [-0.15, -0.1) is 0 Å². The second-order valence-corrected chi connectivity index (χ2v) is 4.53. The van der Waals surface area contributed by atoms with E-state index < -0.39 is 0 Å². The molecule has 3 nitrogen and oxygen atoms in total. The normalized spacial score (nSPS) is 10.4. The number of hydrogen-bond acceptors (Lipinski definition) is 4. The second kappa shape index (κ2) is 5.30. The van der Waals surface area contributed by atoms with Gasteiger partial charge in [-0.25, -0.2) is 9.97 Å². The van der Waals surface area contributed by atoms with Crippen molar-refractivity contribution in [3.05, 3.63) is 47.2 Å². The fourth-order valence-corrected chi connectivity index (χ4v) is 2.14. The van der Waals surface area contributed by atoms with E-state index in [9.17, 15) is 0 Å². The molecule has 0 aromatic carbocycles. The smallest absolute Gasteiger partial charge is 0.107 e. The molecule has 0 fully saturated rings. The Morgan fingerprint density at radius 1 is 1.25 bits per heavy atom. The van der Waals surface area contributed by atoms with Crippen molar-refractivity contribution in [3.8, 4) is 0 Å². The molecule has 5 heteroatoms. The van der Waals surface area contributed by atoms with Crippen LogP contribution in [0.3, 0.4) is 0 Å². The van der Waals surface area contributed by atoms with Gasteiger partial charge in [-0.2, -0.15) is 0 Å². The largest absolute Gasteiger partial charge is 0.326 e. The Balaban J connectivity index is 2.23. The molecule has 16 heavy (non-hydrogen) atoms. The van der Waals surface area contributed by atoms with Crippen molar-refractivity contribution >= 4 is 23.4 Å². The lowest BCUT2D eigenvalue weighted by Crippen LogP contribution is -1.99. The molecule has 0 saturated heterocycles. The third-order valence-electron chi connectivity index (χ3n) is 1.97. The Morgan fingerprint density at radius 3 is 2.81 bits per heavy atom. The third-order valence-corrected chi connectivity index (χ3v) is 3.21. The molecule has 0 aliphatic heterocycles. The van der Waals surface area contributed by atoms with Gasteiger partial charge in [0.15, 0.2) is 0 Å². The van der Waals surface area contributed by atoms with E-state index in [4.69, 9.17) is 17.3 Å². The highest BCUT2D eigenvalue weighted by Crippen LogP contribution is 2.27. The maximum absolute atomic E-state index is 5.77. The van der Waals surface area contributed by atoms with Gasteiger partial charge in [0.25, 0.3) is 0 Å². The molecule has 0 unspecified atom stereocenters. The predicted octanol–water partition coefficient (Wildman–Crippen LogP) is 2.74. The summed E-state index contributed by atoms with van der Waals surface area (Å²) < 4.78 is 0. The summed E-state index contributed by atoms with van der Waals surface area (Å²) in [6, 6.07) is 7.51. The van der Waals surface area contributed by atoms with E-state index in [1.807, 2.05) is 24.3 Å². The maximum atomic E-state index is 5.77. The Labute approximate surface area is 103 Å². The third kappa shape index (κ3) is 2.72. The van der Waals surface area contributed by atoms with Crippen LogP contribution in [-0.4, -0.2) is 9.97 Å². The van der Waals surface area contributed by atoms with Crippen molar-refractivity contribution in [2.24, 2.45) is 5.73 Å². The van der Waals surface area contributed by atoms with E-state index in [1.54, 1.807) is 12.4 Å². The number of nitrogens with two attached hydrogens (primary N) is 1. The first-order chi connectivity index (χ1) is 7.79. The highest BCUT2D eigenvalue weighted by atomic mass is 35.5. The molecule has 0 saturated carbocycles. The lowest BCUT2D eigenvalue weighted by molar-refractivity contribution is 0.959. The summed E-state index contributed by atoms with van der Waals surface area (Å²) in [7, 11) is 0. The molecule has 82 valence electrons. The van der Waals surface area contributed by atoms with Gasteiger partial charge in [-0.05, 0) is 35.5 Å². The van der Waals surface area contributed by atoms with Crippen molar-refractivity contribution in [1.29, 1.82) is 0 Å². The van der Waals surface area contributed by atoms with E-state index in [0.29, 0.717) is 11.6 Å². The van der Waals surface area contributed by atoms with Gasteiger partial charge in [0.05, 0.1) is 5.02 Å². The van der Waals surface area contributed by atoms with Crippen LogP contribution in [0.4, 0.5) is 0 Å². The molecular weight excluding hydrogens is 242 g/mol. The summed E-state index contributed by atoms with van der Waals surface area (Å²) in [5.41, 5.74) is 6.65. The molecule has 0 spiro atoms.